The summed E-state index contributed by atoms with van der Waals surface area (Å²) in [6.07, 6.45) is -7.84. The number of carbonyl (C=O) groups is 1. The molecule has 156 valence electrons. The Morgan fingerprint density at radius 3 is 2.48 bits per heavy atom. The smallest absolute Gasteiger partial charge is 0.312 e. The molecule has 29 heavy (non-hydrogen) atoms. The summed E-state index contributed by atoms with van der Waals surface area (Å²) in [5.41, 5.74) is -2.19. The van der Waals surface area contributed by atoms with Gasteiger partial charge in [-0.05, 0) is 49.2 Å². The van der Waals surface area contributed by atoms with Crippen molar-refractivity contribution in [2.24, 2.45) is 5.10 Å². The van der Waals surface area contributed by atoms with Gasteiger partial charge < -0.3 is 14.3 Å². The highest BCUT2D eigenvalue weighted by Gasteiger charge is 2.53. The van der Waals surface area contributed by atoms with E-state index in [-0.39, 0.29) is 17.4 Å². The first-order chi connectivity index (χ1) is 13.6. The van der Waals surface area contributed by atoms with Crippen LogP contribution in [0, 0.1) is 13.8 Å². The highest BCUT2D eigenvalue weighted by atomic mass is 19.3. The molecule has 1 aliphatic rings. The summed E-state index contributed by atoms with van der Waals surface area (Å²) < 4.78 is 63.1. The Hall–Kier alpha value is -2.88. The van der Waals surface area contributed by atoms with Crippen LogP contribution in [0.2, 0.25) is 0 Å². The van der Waals surface area contributed by atoms with E-state index in [1.807, 2.05) is 19.9 Å². The largest absolute Gasteiger partial charge is 0.486 e. The summed E-state index contributed by atoms with van der Waals surface area (Å²) in [5, 5.41) is 13.2. The Balaban J connectivity index is 1.75. The number of aryl methyl sites for hydroxylation is 2. The summed E-state index contributed by atoms with van der Waals surface area (Å²) in [5.74, 6) is -0.932. The lowest BCUT2D eigenvalue weighted by Crippen LogP contribution is -2.51. The van der Waals surface area contributed by atoms with Crippen molar-refractivity contribution in [2.45, 2.75) is 45.5 Å². The van der Waals surface area contributed by atoms with Crippen molar-refractivity contribution >= 4 is 11.6 Å². The molecule has 1 N–H and O–H groups in total. The first-order valence-electron chi connectivity index (χ1n) is 8.60. The maximum absolute atomic E-state index is 13.3. The van der Waals surface area contributed by atoms with Gasteiger partial charge in [0.2, 0.25) is 5.72 Å². The quantitative estimate of drug-likeness (QED) is 0.728. The molecule has 1 aliphatic heterocycles. The fourth-order valence-corrected chi connectivity index (χ4v) is 2.95. The average Bonchev–Trinajstić information content (AvgIpc) is 3.24. The highest BCUT2D eigenvalue weighted by molar-refractivity contribution is 5.97. The van der Waals surface area contributed by atoms with E-state index in [4.69, 9.17) is 9.15 Å². The normalized spacial score (nSPS) is 19.2. The van der Waals surface area contributed by atoms with Crippen molar-refractivity contribution in [3.05, 3.63) is 53.0 Å². The van der Waals surface area contributed by atoms with E-state index in [2.05, 4.69) is 5.10 Å². The standard InChI is InChI=1S/C19H18F4N2O4/c1-10-5-11(2)7-13(6-10)28-9-12-3-4-15(29-12)17(26)25-19(27,18(22)23)8-14(24-25)16(20)21/h3-7,16,18,27H,8-9H2,1-2H3/t19-/m0/s1. The Kier molecular flexibility index (Phi) is 5.65. The van der Waals surface area contributed by atoms with Gasteiger partial charge in [0, 0.05) is 6.42 Å². The molecular weight excluding hydrogens is 396 g/mol. The second kappa shape index (κ2) is 7.86. The third-order valence-corrected chi connectivity index (χ3v) is 4.28. The number of furan rings is 1. The highest BCUT2D eigenvalue weighted by Crippen LogP contribution is 2.34. The number of aliphatic hydroxyl groups is 1. The van der Waals surface area contributed by atoms with Gasteiger partial charge in [-0.15, -0.1) is 0 Å². The molecular formula is C19H18F4N2O4. The third kappa shape index (κ3) is 4.26. The van der Waals surface area contributed by atoms with Crippen LogP contribution in [-0.4, -0.2) is 40.3 Å². The molecule has 2 aromatic rings. The molecule has 0 spiro atoms. The molecule has 6 nitrogen and oxygen atoms in total. The lowest BCUT2D eigenvalue weighted by molar-refractivity contribution is -0.164. The molecule has 0 aliphatic carbocycles. The third-order valence-electron chi connectivity index (χ3n) is 4.28. The Bertz CT molecular complexity index is 924. The molecule has 0 saturated heterocycles. The van der Waals surface area contributed by atoms with Gasteiger partial charge >= 0.3 is 5.91 Å². The van der Waals surface area contributed by atoms with Crippen LogP contribution in [0.5, 0.6) is 5.75 Å². The zero-order valence-corrected chi connectivity index (χ0v) is 15.5. The van der Waals surface area contributed by atoms with Gasteiger partial charge in [0.05, 0.1) is 0 Å². The maximum Gasteiger partial charge on any atom is 0.312 e. The number of benzene rings is 1. The van der Waals surface area contributed by atoms with E-state index in [1.54, 1.807) is 12.1 Å². The first kappa shape index (κ1) is 20.8. The van der Waals surface area contributed by atoms with Crippen molar-refractivity contribution in [3.63, 3.8) is 0 Å². The maximum atomic E-state index is 13.3. The van der Waals surface area contributed by atoms with Crippen LogP contribution in [0.3, 0.4) is 0 Å². The Labute approximate surface area is 163 Å². The average molecular weight is 414 g/mol. The molecule has 1 aromatic carbocycles. The van der Waals surface area contributed by atoms with Crippen molar-refractivity contribution in [1.29, 1.82) is 0 Å². The van der Waals surface area contributed by atoms with E-state index >= 15 is 0 Å². The Morgan fingerprint density at radius 2 is 1.90 bits per heavy atom. The minimum atomic E-state index is -3.51. The van der Waals surface area contributed by atoms with Crippen LogP contribution in [-0.2, 0) is 6.61 Å². The number of hydrazone groups is 1. The second-order valence-corrected chi connectivity index (χ2v) is 6.74. The zero-order valence-electron chi connectivity index (χ0n) is 15.5. The molecule has 0 fully saturated rings. The van der Waals surface area contributed by atoms with Gasteiger partial charge in [0.25, 0.3) is 12.9 Å². The number of alkyl halides is 4. The molecule has 3 rings (SSSR count). The number of amides is 1. The Morgan fingerprint density at radius 1 is 1.24 bits per heavy atom. The van der Waals surface area contributed by atoms with E-state index in [1.165, 1.54) is 12.1 Å². The SMILES string of the molecule is Cc1cc(C)cc(OCc2ccc(C(=O)N3N=C(C(F)F)C[C@]3(O)C(F)F)o2)c1. The summed E-state index contributed by atoms with van der Waals surface area (Å²) in [6.45, 7) is 3.75. The number of halogens is 4. The molecule has 1 atom stereocenters. The molecule has 1 aromatic heterocycles. The number of nitrogens with zero attached hydrogens (tertiary/aromatic N) is 2. The van der Waals surface area contributed by atoms with Crippen molar-refractivity contribution in [3.8, 4) is 5.75 Å². The first-order valence-corrected chi connectivity index (χ1v) is 8.60. The van der Waals surface area contributed by atoms with Crippen LogP contribution in [0.25, 0.3) is 0 Å². The molecule has 0 saturated carbocycles. The van der Waals surface area contributed by atoms with E-state index in [0.29, 0.717) is 5.75 Å². The van der Waals surface area contributed by atoms with Crippen LogP contribution >= 0.6 is 0 Å². The van der Waals surface area contributed by atoms with E-state index < -0.39 is 42.4 Å². The molecule has 1 amide bonds. The van der Waals surface area contributed by atoms with Crippen LogP contribution in [0.15, 0.2) is 39.9 Å². The fraction of sp³-hybridized carbons (Fsp3) is 0.368. The van der Waals surface area contributed by atoms with Gasteiger partial charge in [-0.3, -0.25) is 4.79 Å². The summed E-state index contributed by atoms with van der Waals surface area (Å²) >= 11 is 0. The minimum absolute atomic E-state index is 0.0491. The predicted octanol–water partition coefficient (Wildman–Crippen LogP) is 3.90. The zero-order chi connectivity index (χ0) is 21.3. The summed E-state index contributed by atoms with van der Waals surface area (Å²) in [4.78, 5) is 12.5. The molecule has 2 heterocycles. The summed E-state index contributed by atoms with van der Waals surface area (Å²) in [6, 6.07) is 8.12. The van der Waals surface area contributed by atoms with Crippen molar-refractivity contribution < 1.29 is 36.6 Å². The monoisotopic (exact) mass is 414 g/mol. The van der Waals surface area contributed by atoms with Crippen LogP contribution < -0.4 is 4.74 Å². The number of rotatable bonds is 6. The van der Waals surface area contributed by atoms with Gasteiger partial charge in [-0.2, -0.15) is 10.1 Å². The van der Waals surface area contributed by atoms with Gasteiger partial charge in [0.15, 0.2) is 5.76 Å². The number of ether oxygens (including phenoxy) is 1. The van der Waals surface area contributed by atoms with Gasteiger partial charge in [0.1, 0.15) is 23.8 Å². The van der Waals surface area contributed by atoms with E-state index in [0.717, 1.165) is 11.1 Å². The predicted molar refractivity (Wildman–Crippen MR) is 94.1 cm³/mol. The number of carbonyl (C=O) groups excluding carboxylic acids is 1. The minimum Gasteiger partial charge on any atom is -0.486 e. The van der Waals surface area contributed by atoms with Crippen LogP contribution in [0.1, 0.15) is 33.9 Å². The molecule has 0 radical (unpaired) electrons. The fourth-order valence-electron chi connectivity index (χ4n) is 2.95. The lowest BCUT2D eigenvalue weighted by Gasteiger charge is -2.29. The van der Waals surface area contributed by atoms with Crippen molar-refractivity contribution in [1.82, 2.24) is 5.01 Å². The van der Waals surface area contributed by atoms with Crippen LogP contribution in [0.4, 0.5) is 17.6 Å². The van der Waals surface area contributed by atoms with E-state index in [9.17, 15) is 27.5 Å². The summed E-state index contributed by atoms with van der Waals surface area (Å²) in [7, 11) is 0. The molecule has 0 bridgehead atoms. The number of hydrogen-bond donors (Lipinski definition) is 1. The molecule has 0 unspecified atom stereocenters. The van der Waals surface area contributed by atoms with Gasteiger partial charge in [-0.1, -0.05) is 6.07 Å². The lowest BCUT2D eigenvalue weighted by atomic mass is 10.1. The number of hydrogen-bond acceptors (Lipinski definition) is 5. The molecule has 10 heteroatoms. The second-order valence-electron chi connectivity index (χ2n) is 6.74. The van der Waals surface area contributed by atoms with Crippen molar-refractivity contribution in [2.75, 3.05) is 0 Å². The topological polar surface area (TPSA) is 75.3 Å². The van der Waals surface area contributed by atoms with Gasteiger partial charge in [-0.25, -0.2) is 17.6 Å².